The number of imidazole rings is 1. The van der Waals surface area contributed by atoms with Gasteiger partial charge in [-0.2, -0.15) is 9.57 Å². The Morgan fingerprint density at radius 1 is 1.29 bits per heavy atom. The number of ether oxygens (including phenoxy) is 1. The lowest BCUT2D eigenvalue weighted by Crippen LogP contribution is -2.37. The van der Waals surface area contributed by atoms with E-state index in [1.807, 2.05) is 6.07 Å². The van der Waals surface area contributed by atoms with Crippen LogP contribution in [0.1, 0.15) is 35.9 Å². The van der Waals surface area contributed by atoms with E-state index < -0.39 is 28.4 Å². The van der Waals surface area contributed by atoms with Gasteiger partial charge in [0.15, 0.2) is 11.6 Å². The van der Waals surface area contributed by atoms with E-state index in [4.69, 9.17) is 4.74 Å². The molecule has 1 aliphatic rings. The number of aliphatic hydroxyl groups excluding tert-OH is 1. The Morgan fingerprint density at radius 2 is 2.00 bits per heavy atom. The van der Waals surface area contributed by atoms with Crippen LogP contribution in [0.2, 0.25) is 0 Å². The number of esters is 1. The number of piperidine rings is 1. The zero-order chi connectivity index (χ0) is 25.2. The zero-order valence-electron chi connectivity index (χ0n) is 18.9. The molecule has 0 bridgehead atoms. The van der Waals surface area contributed by atoms with E-state index >= 15 is 0 Å². The lowest BCUT2D eigenvalue weighted by Gasteiger charge is -2.29. The Kier molecular flexibility index (Phi) is 7.25. The van der Waals surface area contributed by atoms with Crippen LogP contribution in [-0.4, -0.2) is 53.5 Å². The van der Waals surface area contributed by atoms with Crippen molar-refractivity contribution in [1.29, 1.82) is 5.26 Å². The molecule has 182 valence electrons. The number of carbonyl (C=O) groups is 1. The largest absolute Gasteiger partial charge is 0.507 e. The number of sulfonamides is 1. The van der Waals surface area contributed by atoms with E-state index in [1.54, 1.807) is 24.3 Å². The maximum Gasteiger partial charge on any atom is 0.338 e. The second-order valence-electron chi connectivity index (χ2n) is 8.37. The maximum atomic E-state index is 13.1. The number of aromatic amines is 1. The third kappa shape index (κ3) is 5.40. The minimum Gasteiger partial charge on any atom is -0.507 e. The molecule has 0 amide bonds. The van der Waals surface area contributed by atoms with Gasteiger partial charge in [0.05, 0.1) is 21.5 Å². The number of carbonyl (C=O) groups excluding carboxylic acids is 1. The summed E-state index contributed by atoms with van der Waals surface area (Å²) in [6.07, 6.45) is 1.56. The normalized spacial score (nSPS) is 16.0. The van der Waals surface area contributed by atoms with Crippen molar-refractivity contribution in [2.45, 2.75) is 24.7 Å². The standard InChI is InChI=1S/C24H23BrN4O5S/c1-15-6-8-29(9-7-15)35(32,33)18-11-16(10-17(25)12-18)24(31)34-14-22(30)19(13-26)23-27-20-4-2-3-5-21(20)28-23/h2-5,10-12,15,30H,6-9,14H2,1H3,(H,27,28)/b22-19-. The molecule has 3 aromatic rings. The Labute approximate surface area is 211 Å². The van der Waals surface area contributed by atoms with Gasteiger partial charge in [-0.15, -0.1) is 0 Å². The van der Waals surface area contributed by atoms with Crippen molar-refractivity contribution in [3.63, 3.8) is 0 Å². The smallest absolute Gasteiger partial charge is 0.338 e. The molecule has 1 aromatic heterocycles. The first kappa shape index (κ1) is 24.9. The quantitative estimate of drug-likeness (QED) is 0.260. The molecule has 1 aliphatic heterocycles. The van der Waals surface area contributed by atoms with Gasteiger partial charge < -0.3 is 14.8 Å². The summed E-state index contributed by atoms with van der Waals surface area (Å²) in [6.45, 7) is 2.35. The Hall–Kier alpha value is -3.20. The van der Waals surface area contributed by atoms with E-state index in [9.17, 15) is 23.6 Å². The van der Waals surface area contributed by atoms with Crippen LogP contribution < -0.4 is 0 Å². The van der Waals surface area contributed by atoms with Gasteiger partial charge in [0, 0.05) is 17.6 Å². The van der Waals surface area contributed by atoms with Gasteiger partial charge in [0.2, 0.25) is 10.0 Å². The van der Waals surface area contributed by atoms with Gasteiger partial charge in [-0.1, -0.05) is 35.0 Å². The minimum absolute atomic E-state index is 0.00151. The van der Waals surface area contributed by atoms with Crippen LogP contribution in [0.5, 0.6) is 0 Å². The van der Waals surface area contributed by atoms with Crippen LogP contribution in [0.4, 0.5) is 0 Å². The number of aromatic nitrogens is 2. The van der Waals surface area contributed by atoms with E-state index in [0.717, 1.165) is 12.8 Å². The summed E-state index contributed by atoms with van der Waals surface area (Å²) < 4.78 is 33.2. The number of hydrogen-bond donors (Lipinski definition) is 2. The molecule has 2 N–H and O–H groups in total. The van der Waals surface area contributed by atoms with Crippen LogP contribution in [0.15, 0.2) is 57.6 Å². The molecule has 0 aliphatic carbocycles. The molecule has 1 fully saturated rings. The predicted octanol–water partition coefficient (Wildman–Crippen LogP) is 4.40. The second kappa shape index (κ2) is 10.2. The van der Waals surface area contributed by atoms with E-state index in [-0.39, 0.29) is 21.9 Å². The number of nitrogens with zero attached hydrogens (tertiary/aromatic N) is 3. The highest BCUT2D eigenvalue weighted by Crippen LogP contribution is 2.27. The van der Waals surface area contributed by atoms with E-state index in [2.05, 4.69) is 32.8 Å². The summed E-state index contributed by atoms with van der Waals surface area (Å²) in [7, 11) is -3.78. The summed E-state index contributed by atoms with van der Waals surface area (Å²) in [5.41, 5.74) is 1.14. The summed E-state index contributed by atoms with van der Waals surface area (Å²) in [5, 5.41) is 19.9. The number of nitriles is 1. The first-order chi connectivity index (χ1) is 16.7. The Morgan fingerprint density at radius 3 is 2.69 bits per heavy atom. The fraction of sp³-hybridized carbons (Fsp3) is 0.292. The van der Waals surface area contributed by atoms with Crippen LogP contribution in [-0.2, 0) is 14.8 Å². The topological polar surface area (TPSA) is 136 Å². The maximum absolute atomic E-state index is 13.1. The van der Waals surface area contributed by atoms with Crippen LogP contribution in [0.3, 0.4) is 0 Å². The highest BCUT2D eigenvalue weighted by atomic mass is 79.9. The molecule has 2 aromatic carbocycles. The number of rotatable bonds is 6. The molecule has 1 saturated heterocycles. The van der Waals surface area contributed by atoms with Crippen LogP contribution >= 0.6 is 15.9 Å². The molecule has 4 rings (SSSR count). The number of hydrogen-bond acceptors (Lipinski definition) is 7. The number of aliphatic hydroxyl groups is 1. The molecule has 35 heavy (non-hydrogen) atoms. The van der Waals surface area contributed by atoms with Crippen LogP contribution in [0, 0.1) is 17.2 Å². The highest BCUT2D eigenvalue weighted by molar-refractivity contribution is 9.10. The average molecular weight is 559 g/mol. The molecular weight excluding hydrogens is 536 g/mol. The fourth-order valence-corrected chi connectivity index (χ4v) is 6.00. The minimum atomic E-state index is -3.78. The van der Waals surface area contributed by atoms with Crippen molar-refractivity contribution in [3.05, 3.63) is 64.1 Å². The third-order valence-corrected chi connectivity index (χ3v) is 8.19. The van der Waals surface area contributed by atoms with Gasteiger partial charge >= 0.3 is 5.97 Å². The van der Waals surface area contributed by atoms with E-state index in [1.165, 1.54) is 22.5 Å². The van der Waals surface area contributed by atoms with Crippen molar-refractivity contribution in [2.24, 2.45) is 5.92 Å². The molecule has 11 heteroatoms. The Bertz CT molecular complexity index is 1420. The fourth-order valence-electron chi connectivity index (χ4n) is 3.82. The summed E-state index contributed by atoms with van der Waals surface area (Å²) in [6, 6.07) is 13.1. The average Bonchev–Trinajstić information content (AvgIpc) is 3.26. The summed E-state index contributed by atoms with van der Waals surface area (Å²) in [4.78, 5) is 19.9. The van der Waals surface area contributed by atoms with Crippen molar-refractivity contribution in [2.75, 3.05) is 19.7 Å². The number of fused-ring (bicyclic) bond motifs is 1. The SMILES string of the molecule is CC1CCN(S(=O)(=O)c2cc(Br)cc(C(=O)OC/C(O)=C(\C#N)c3nc4ccccc4[nH]3)c2)CC1. The molecule has 0 radical (unpaired) electrons. The second-order valence-corrected chi connectivity index (χ2v) is 11.2. The molecule has 0 spiro atoms. The van der Waals surface area contributed by atoms with E-state index in [0.29, 0.717) is 34.5 Å². The number of allylic oxidation sites excluding steroid dienone is 1. The van der Waals surface area contributed by atoms with Gasteiger partial charge in [-0.25, -0.2) is 18.2 Å². The number of halogens is 1. The van der Waals surface area contributed by atoms with Crippen molar-refractivity contribution < 1.29 is 23.1 Å². The number of H-pyrrole nitrogens is 1. The van der Waals surface area contributed by atoms with Crippen molar-refractivity contribution in [1.82, 2.24) is 14.3 Å². The first-order valence-corrected chi connectivity index (χ1v) is 13.2. The zero-order valence-corrected chi connectivity index (χ0v) is 21.3. The van der Waals surface area contributed by atoms with Gasteiger partial charge in [0.1, 0.15) is 18.2 Å². The van der Waals surface area contributed by atoms with Crippen LogP contribution in [0.25, 0.3) is 16.6 Å². The van der Waals surface area contributed by atoms with Gasteiger partial charge in [0.25, 0.3) is 0 Å². The highest BCUT2D eigenvalue weighted by Gasteiger charge is 2.29. The summed E-state index contributed by atoms with van der Waals surface area (Å²) in [5.74, 6) is -0.712. The number of benzene rings is 2. The Balaban J connectivity index is 1.52. The molecule has 0 unspecified atom stereocenters. The number of nitrogens with one attached hydrogen (secondary N) is 1. The van der Waals surface area contributed by atoms with Crippen molar-refractivity contribution >= 4 is 48.5 Å². The molecule has 0 saturated carbocycles. The lowest BCUT2D eigenvalue weighted by molar-refractivity contribution is 0.0502. The summed E-state index contributed by atoms with van der Waals surface area (Å²) >= 11 is 3.26. The van der Waals surface area contributed by atoms with Gasteiger partial charge in [-0.05, 0) is 49.1 Å². The monoisotopic (exact) mass is 558 g/mol. The molecular formula is C24H23BrN4O5S. The molecule has 9 nitrogen and oxygen atoms in total. The van der Waals surface area contributed by atoms with Gasteiger partial charge in [-0.3, -0.25) is 0 Å². The third-order valence-electron chi connectivity index (χ3n) is 5.85. The first-order valence-electron chi connectivity index (χ1n) is 10.9. The predicted molar refractivity (Wildman–Crippen MR) is 133 cm³/mol. The molecule has 2 heterocycles. The lowest BCUT2D eigenvalue weighted by atomic mass is 10.0. The van der Waals surface area contributed by atoms with Crippen molar-refractivity contribution in [3.8, 4) is 6.07 Å². The molecule has 0 atom stereocenters. The number of para-hydroxylation sites is 2.